The van der Waals surface area contributed by atoms with Crippen LogP contribution in [0.1, 0.15) is 35.7 Å². The maximum Gasteiger partial charge on any atom is 0.150 e. The van der Waals surface area contributed by atoms with Crippen molar-refractivity contribution in [3.05, 3.63) is 33.8 Å². The van der Waals surface area contributed by atoms with Crippen molar-refractivity contribution in [2.24, 2.45) is 0 Å². The van der Waals surface area contributed by atoms with E-state index >= 15 is 0 Å². The second-order valence-electron chi connectivity index (χ2n) is 3.91. The highest BCUT2D eigenvalue weighted by Gasteiger charge is 2.40. The number of carbonyl (C=O) groups is 1. The van der Waals surface area contributed by atoms with Crippen molar-refractivity contribution < 1.29 is 4.79 Å². The van der Waals surface area contributed by atoms with Gasteiger partial charge in [0.15, 0.2) is 0 Å². The molecule has 1 aliphatic rings. The zero-order chi connectivity index (χ0) is 9.47. The van der Waals surface area contributed by atoms with Crippen LogP contribution in [-0.2, 0) is 5.41 Å². The van der Waals surface area contributed by atoms with Gasteiger partial charge in [-0.05, 0) is 36.0 Å². The van der Waals surface area contributed by atoms with Gasteiger partial charge in [-0.3, -0.25) is 4.79 Å². The molecule has 13 heavy (non-hydrogen) atoms. The molecule has 1 aromatic rings. The first-order chi connectivity index (χ1) is 6.15. The van der Waals surface area contributed by atoms with Crippen LogP contribution in [0.2, 0.25) is 0 Å². The number of benzene rings is 1. The normalized spacial score (nSPS) is 18.3. The minimum atomic E-state index is 0.275. The number of carbonyl (C=O) groups excluding carboxylic acids is 1. The van der Waals surface area contributed by atoms with Crippen molar-refractivity contribution in [2.75, 3.05) is 0 Å². The van der Waals surface area contributed by atoms with Gasteiger partial charge in [0.2, 0.25) is 0 Å². The summed E-state index contributed by atoms with van der Waals surface area (Å²) in [5.74, 6) is 0. The molecule has 1 aliphatic carbocycles. The molecule has 0 aliphatic heterocycles. The lowest BCUT2D eigenvalue weighted by Gasteiger charge is -2.11. The molecule has 0 amide bonds. The van der Waals surface area contributed by atoms with Crippen molar-refractivity contribution in [2.45, 2.75) is 25.2 Å². The van der Waals surface area contributed by atoms with Crippen LogP contribution in [0.3, 0.4) is 0 Å². The standard InChI is InChI=1S/C11H11BrO/c1-11(4-5-11)10-3-2-9(12)6-8(10)7-13/h2-3,6-7H,4-5H2,1H3. The third kappa shape index (κ3) is 1.55. The maximum atomic E-state index is 10.8. The Morgan fingerprint density at radius 3 is 2.69 bits per heavy atom. The minimum absolute atomic E-state index is 0.275. The van der Waals surface area contributed by atoms with E-state index in [-0.39, 0.29) is 5.41 Å². The molecular weight excluding hydrogens is 228 g/mol. The van der Waals surface area contributed by atoms with Gasteiger partial charge in [-0.15, -0.1) is 0 Å². The zero-order valence-electron chi connectivity index (χ0n) is 7.51. The largest absolute Gasteiger partial charge is 0.298 e. The second kappa shape index (κ2) is 2.95. The summed E-state index contributed by atoms with van der Waals surface area (Å²) in [5.41, 5.74) is 2.30. The van der Waals surface area contributed by atoms with E-state index in [2.05, 4.69) is 28.9 Å². The molecule has 2 rings (SSSR count). The number of aldehydes is 1. The number of rotatable bonds is 2. The average molecular weight is 239 g/mol. The summed E-state index contributed by atoms with van der Waals surface area (Å²) in [4.78, 5) is 10.8. The zero-order valence-corrected chi connectivity index (χ0v) is 9.10. The third-order valence-electron chi connectivity index (χ3n) is 2.79. The first-order valence-corrected chi connectivity index (χ1v) is 5.20. The molecule has 0 N–H and O–H groups in total. The molecule has 0 saturated heterocycles. The molecule has 0 atom stereocenters. The molecule has 0 heterocycles. The van der Waals surface area contributed by atoms with E-state index in [9.17, 15) is 4.79 Å². The summed E-state index contributed by atoms with van der Waals surface area (Å²) in [6.45, 7) is 2.21. The maximum absolute atomic E-state index is 10.8. The van der Waals surface area contributed by atoms with Crippen molar-refractivity contribution in [1.82, 2.24) is 0 Å². The van der Waals surface area contributed by atoms with Crippen molar-refractivity contribution in [3.63, 3.8) is 0 Å². The van der Waals surface area contributed by atoms with Crippen LogP contribution >= 0.6 is 15.9 Å². The quantitative estimate of drug-likeness (QED) is 0.723. The second-order valence-corrected chi connectivity index (χ2v) is 4.83. The van der Waals surface area contributed by atoms with Crippen molar-refractivity contribution >= 4 is 22.2 Å². The van der Waals surface area contributed by atoms with Crippen LogP contribution in [0.25, 0.3) is 0 Å². The molecular formula is C11H11BrO. The van der Waals surface area contributed by atoms with Gasteiger partial charge in [-0.1, -0.05) is 28.9 Å². The Labute approximate surface area is 86.3 Å². The molecule has 0 bridgehead atoms. The Balaban J connectivity index is 2.50. The van der Waals surface area contributed by atoms with Crippen LogP contribution in [-0.4, -0.2) is 6.29 Å². The summed E-state index contributed by atoms with van der Waals surface area (Å²) < 4.78 is 0.975. The van der Waals surface area contributed by atoms with Gasteiger partial charge in [0.1, 0.15) is 6.29 Å². The fourth-order valence-electron chi connectivity index (χ4n) is 1.64. The Morgan fingerprint density at radius 1 is 1.46 bits per heavy atom. The van der Waals surface area contributed by atoms with Gasteiger partial charge >= 0.3 is 0 Å². The van der Waals surface area contributed by atoms with Crippen LogP contribution in [0, 0.1) is 0 Å². The highest BCUT2D eigenvalue weighted by Crippen LogP contribution is 2.48. The fraction of sp³-hybridized carbons (Fsp3) is 0.364. The predicted octanol–water partition coefficient (Wildman–Crippen LogP) is 3.31. The van der Waals surface area contributed by atoms with Gasteiger partial charge in [0.05, 0.1) is 0 Å². The molecule has 1 saturated carbocycles. The highest BCUT2D eigenvalue weighted by molar-refractivity contribution is 9.10. The molecule has 0 spiro atoms. The van der Waals surface area contributed by atoms with E-state index in [4.69, 9.17) is 0 Å². The predicted molar refractivity (Wildman–Crippen MR) is 56.1 cm³/mol. The SMILES string of the molecule is CC1(c2ccc(Br)cc2C=O)CC1. The Morgan fingerprint density at radius 2 is 2.15 bits per heavy atom. The Kier molecular flexibility index (Phi) is 2.03. The molecule has 1 fully saturated rings. The summed E-state index contributed by atoms with van der Waals surface area (Å²) in [6.07, 6.45) is 3.36. The summed E-state index contributed by atoms with van der Waals surface area (Å²) in [7, 11) is 0. The number of hydrogen-bond acceptors (Lipinski definition) is 1. The number of halogens is 1. The van der Waals surface area contributed by atoms with E-state index in [1.54, 1.807) is 0 Å². The summed E-state index contributed by atoms with van der Waals surface area (Å²) in [6, 6.07) is 5.96. The van der Waals surface area contributed by atoms with E-state index in [1.165, 1.54) is 18.4 Å². The van der Waals surface area contributed by atoms with Crippen LogP contribution in [0.5, 0.6) is 0 Å². The summed E-state index contributed by atoms with van der Waals surface area (Å²) in [5, 5.41) is 0. The smallest absolute Gasteiger partial charge is 0.150 e. The van der Waals surface area contributed by atoms with Crippen LogP contribution in [0.15, 0.2) is 22.7 Å². The van der Waals surface area contributed by atoms with E-state index in [0.29, 0.717) is 0 Å². The van der Waals surface area contributed by atoms with E-state index in [1.807, 2.05) is 12.1 Å². The average Bonchev–Trinajstić information content (AvgIpc) is 2.84. The van der Waals surface area contributed by atoms with Gasteiger partial charge in [-0.25, -0.2) is 0 Å². The van der Waals surface area contributed by atoms with Crippen molar-refractivity contribution in [3.8, 4) is 0 Å². The molecule has 1 aromatic carbocycles. The van der Waals surface area contributed by atoms with Crippen molar-refractivity contribution in [1.29, 1.82) is 0 Å². The van der Waals surface area contributed by atoms with Gasteiger partial charge < -0.3 is 0 Å². The fourth-order valence-corrected chi connectivity index (χ4v) is 2.02. The molecule has 0 radical (unpaired) electrons. The summed E-state index contributed by atoms with van der Waals surface area (Å²) >= 11 is 3.37. The minimum Gasteiger partial charge on any atom is -0.298 e. The van der Waals surface area contributed by atoms with E-state index in [0.717, 1.165) is 16.3 Å². The Bertz CT molecular complexity index is 353. The molecule has 2 heteroatoms. The van der Waals surface area contributed by atoms with Crippen LogP contribution in [0.4, 0.5) is 0 Å². The monoisotopic (exact) mass is 238 g/mol. The number of hydrogen-bond donors (Lipinski definition) is 0. The molecule has 1 nitrogen and oxygen atoms in total. The lowest BCUT2D eigenvalue weighted by Crippen LogP contribution is -2.04. The topological polar surface area (TPSA) is 17.1 Å². The van der Waals surface area contributed by atoms with E-state index < -0.39 is 0 Å². The Hall–Kier alpha value is -0.630. The van der Waals surface area contributed by atoms with Gasteiger partial charge in [-0.2, -0.15) is 0 Å². The molecule has 0 unspecified atom stereocenters. The van der Waals surface area contributed by atoms with Crippen LogP contribution < -0.4 is 0 Å². The lowest BCUT2D eigenvalue weighted by atomic mass is 9.94. The third-order valence-corrected chi connectivity index (χ3v) is 3.28. The molecule has 68 valence electrons. The van der Waals surface area contributed by atoms with Gasteiger partial charge in [0, 0.05) is 10.0 Å². The first kappa shape index (κ1) is 8.95. The molecule has 0 aromatic heterocycles. The highest BCUT2D eigenvalue weighted by atomic mass is 79.9. The lowest BCUT2D eigenvalue weighted by molar-refractivity contribution is 0.112. The van der Waals surface area contributed by atoms with Gasteiger partial charge in [0.25, 0.3) is 0 Å². The first-order valence-electron chi connectivity index (χ1n) is 4.41.